The molecule has 6 heterocycles. The minimum absolute atomic E-state index is 0.0813. The lowest BCUT2D eigenvalue weighted by atomic mass is 10.0. The number of carbonyl (C=O) groups excluding carboxylic acids is 3. The molecule has 2 aromatic heterocycles. The number of aryl methyl sites for hydroxylation is 4. The largest absolute Gasteiger partial charge is 0.480 e. The first-order chi connectivity index (χ1) is 26.2. The second-order valence-corrected chi connectivity index (χ2v) is 14.8. The predicted molar refractivity (Wildman–Crippen MR) is 207 cm³/mol. The molecule has 6 rings (SSSR count). The Bertz CT molecular complexity index is 1540. The maximum absolute atomic E-state index is 12.2. The fourth-order valence-electron chi connectivity index (χ4n) is 7.53. The molecule has 2 fully saturated rings. The lowest BCUT2D eigenvalue weighted by Gasteiger charge is -2.31. The summed E-state index contributed by atoms with van der Waals surface area (Å²) >= 11 is 0. The van der Waals surface area contributed by atoms with E-state index in [1.54, 1.807) is 0 Å². The molecule has 2 aromatic rings. The summed E-state index contributed by atoms with van der Waals surface area (Å²) in [5.74, 6) is 1.25. The van der Waals surface area contributed by atoms with Gasteiger partial charge in [0.2, 0.25) is 11.8 Å². The fraction of sp³-hybridized carbons (Fsp3) is 0.650. The summed E-state index contributed by atoms with van der Waals surface area (Å²) in [5, 5.41) is 21.7. The Kier molecular flexibility index (Phi) is 16.3. The van der Waals surface area contributed by atoms with Gasteiger partial charge >= 0.3 is 11.9 Å². The van der Waals surface area contributed by atoms with Crippen molar-refractivity contribution in [2.24, 2.45) is 0 Å². The van der Waals surface area contributed by atoms with Gasteiger partial charge in [0.05, 0.1) is 19.7 Å². The highest BCUT2D eigenvalue weighted by Gasteiger charge is 2.23. The molecular weight excluding hydrogens is 688 g/mol. The number of piperidine rings is 2. The van der Waals surface area contributed by atoms with Gasteiger partial charge in [0.15, 0.2) is 0 Å². The number of anilines is 2. The number of rotatable bonds is 15. The minimum atomic E-state index is -0.793. The summed E-state index contributed by atoms with van der Waals surface area (Å²) in [6, 6.07) is 8.84. The van der Waals surface area contributed by atoms with Crippen LogP contribution in [0.15, 0.2) is 24.3 Å². The van der Waals surface area contributed by atoms with Gasteiger partial charge in [0, 0.05) is 75.6 Å². The summed E-state index contributed by atoms with van der Waals surface area (Å²) in [7, 11) is 0. The Morgan fingerprint density at radius 3 is 1.65 bits per heavy atom. The molecular formula is C40H60N8O6. The minimum Gasteiger partial charge on any atom is -0.480 e. The number of ether oxygens (including phenoxy) is 1. The number of nitrogens with zero attached hydrogens (tertiary/aromatic N) is 4. The average Bonchev–Trinajstić information content (AvgIpc) is 3.16. The molecule has 0 bridgehead atoms. The van der Waals surface area contributed by atoms with Gasteiger partial charge in [-0.15, -0.1) is 0 Å². The lowest BCUT2D eigenvalue weighted by molar-refractivity contribution is -0.145. The molecule has 4 aliphatic rings. The molecule has 0 aliphatic carbocycles. The van der Waals surface area contributed by atoms with Crippen LogP contribution in [0.3, 0.4) is 0 Å². The molecule has 0 atom stereocenters. The summed E-state index contributed by atoms with van der Waals surface area (Å²) in [5.41, 5.74) is 4.66. The third-order valence-corrected chi connectivity index (χ3v) is 10.5. The van der Waals surface area contributed by atoms with E-state index >= 15 is 0 Å². The number of carboxylic acids is 1. The van der Waals surface area contributed by atoms with Crippen LogP contribution in [0.25, 0.3) is 0 Å². The zero-order chi connectivity index (χ0) is 38.1. The third kappa shape index (κ3) is 13.8. The van der Waals surface area contributed by atoms with Gasteiger partial charge in [0.1, 0.15) is 11.6 Å². The number of carbonyl (C=O) groups is 4. The van der Waals surface area contributed by atoms with Crippen molar-refractivity contribution in [2.75, 3.05) is 69.6 Å². The first-order valence-corrected chi connectivity index (χ1v) is 20.1. The summed E-state index contributed by atoms with van der Waals surface area (Å²) < 4.78 is 4.99. The molecule has 0 radical (unpaired) electrons. The third-order valence-electron chi connectivity index (χ3n) is 10.5. The van der Waals surface area contributed by atoms with E-state index in [0.717, 1.165) is 139 Å². The molecule has 0 saturated carbocycles. The Balaban J connectivity index is 0.000000208. The molecule has 0 unspecified atom stereocenters. The molecule has 5 N–H and O–H groups in total. The first-order valence-electron chi connectivity index (χ1n) is 20.1. The number of hydrogen-bond donors (Lipinski definition) is 5. The van der Waals surface area contributed by atoms with Crippen LogP contribution in [-0.4, -0.2) is 120 Å². The molecule has 2 amide bonds. The SMILES string of the molecule is CCOC(=O)CN1CCC(NC(=O)CCCc2ccc3c(n2)NCCC3)CC1.O=C(O)CN1CCC(NC(=O)CCCc2ccc3c(n2)NCCC3)CC1. The number of esters is 1. The van der Waals surface area contributed by atoms with Gasteiger partial charge in [-0.2, -0.15) is 0 Å². The van der Waals surface area contributed by atoms with Crippen molar-refractivity contribution in [2.45, 2.75) is 109 Å². The maximum Gasteiger partial charge on any atom is 0.320 e. The summed E-state index contributed by atoms with van der Waals surface area (Å²) in [6.45, 7) is 7.72. The van der Waals surface area contributed by atoms with E-state index in [1.165, 1.54) is 11.1 Å². The van der Waals surface area contributed by atoms with E-state index in [0.29, 0.717) is 26.0 Å². The first kappa shape index (κ1) is 40.9. The number of hydrogen-bond acceptors (Lipinski definition) is 11. The quantitative estimate of drug-likeness (QED) is 0.168. The number of amides is 2. The second kappa shape index (κ2) is 21.6. The number of carboxylic acid groups (broad SMARTS) is 1. The van der Waals surface area contributed by atoms with Crippen molar-refractivity contribution in [3.05, 3.63) is 46.8 Å². The van der Waals surface area contributed by atoms with Crippen molar-refractivity contribution in [3.8, 4) is 0 Å². The van der Waals surface area contributed by atoms with Gasteiger partial charge in [-0.05, 0) is 107 Å². The Labute approximate surface area is 319 Å². The number of likely N-dealkylation sites (tertiary alicyclic amines) is 2. The average molecular weight is 749 g/mol. The van der Waals surface area contributed by atoms with E-state index in [4.69, 9.17) is 9.84 Å². The predicted octanol–water partition coefficient (Wildman–Crippen LogP) is 3.33. The van der Waals surface area contributed by atoms with Crippen molar-refractivity contribution in [1.29, 1.82) is 0 Å². The highest BCUT2D eigenvalue weighted by molar-refractivity contribution is 5.76. The van der Waals surface area contributed by atoms with Crippen LogP contribution >= 0.6 is 0 Å². The van der Waals surface area contributed by atoms with Crippen LogP contribution in [0.4, 0.5) is 11.6 Å². The van der Waals surface area contributed by atoms with Crippen molar-refractivity contribution >= 4 is 35.4 Å². The fourth-order valence-corrected chi connectivity index (χ4v) is 7.53. The number of aliphatic carboxylic acids is 1. The molecule has 14 nitrogen and oxygen atoms in total. The van der Waals surface area contributed by atoms with Crippen LogP contribution in [-0.2, 0) is 49.6 Å². The van der Waals surface area contributed by atoms with Crippen LogP contribution in [0, 0.1) is 0 Å². The highest BCUT2D eigenvalue weighted by Crippen LogP contribution is 2.22. The van der Waals surface area contributed by atoms with Gasteiger partial charge in [-0.3, -0.25) is 29.0 Å². The standard InChI is InChI=1S/C21H32N4O3.C19H28N4O3/c1-2-28-20(27)15-25-13-10-18(11-14-25)23-19(26)7-3-6-17-9-8-16-5-4-12-22-21(16)24-17;24-17(21-16-8-11-23(12-9-16)13-18(25)26)5-1-4-15-7-6-14-3-2-10-20-19(14)22-15/h8-9,18H,2-7,10-15H2,1H3,(H,22,24)(H,23,26);6-7,16H,1-5,8-13H2,(H,20,22)(H,21,24)(H,25,26). The summed E-state index contributed by atoms with van der Waals surface area (Å²) in [4.78, 5) is 60.0. The van der Waals surface area contributed by atoms with Crippen LogP contribution in [0.5, 0.6) is 0 Å². The Morgan fingerprint density at radius 1 is 0.741 bits per heavy atom. The Hall–Kier alpha value is -4.30. The smallest absolute Gasteiger partial charge is 0.320 e. The topological polar surface area (TPSA) is 178 Å². The molecule has 14 heteroatoms. The Morgan fingerprint density at radius 2 is 1.20 bits per heavy atom. The molecule has 4 aliphatic heterocycles. The number of fused-ring (bicyclic) bond motifs is 2. The van der Waals surface area contributed by atoms with Crippen LogP contribution in [0.2, 0.25) is 0 Å². The molecule has 296 valence electrons. The second-order valence-electron chi connectivity index (χ2n) is 14.8. The van der Waals surface area contributed by atoms with E-state index in [9.17, 15) is 19.2 Å². The number of aromatic nitrogens is 2. The van der Waals surface area contributed by atoms with Crippen molar-refractivity contribution < 1.29 is 29.0 Å². The van der Waals surface area contributed by atoms with Crippen LogP contribution < -0.4 is 21.3 Å². The van der Waals surface area contributed by atoms with Gasteiger partial charge < -0.3 is 31.1 Å². The molecule has 0 aromatic carbocycles. The van der Waals surface area contributed by atoms with E-state index in [1.807, 2.05) is 11.8 Å². The monoisotopic (exact) mass is 748 g/mol. The normalized spacial score (nSPS) is 17.7. The van der Waals surface area contributed by atoms with E-state index in [2.05, 4.69) is 60.4 Å². The number of nitrogens with one attached hydrogen (secondary N) is 4. The lowest BCUT2D eigenvalue weighted by Crippen LogP contribution is -2.46. The van der Waals surface area contributed by atoms with E-state index in [-0.39, 0.29) is 36.4 Å². The van der Waals surface area contributed by atoms with E-state index < -0.39 is 5.97 Å². The van der Waals surface area contributed by atoms with Crippen molar-refractivity contribution in [3.63, 3.8) is 0 Å². The van der Waals surface area contributed by atoms with Gasteiger partial charge in [-0.1, -0.05) is 12.1 Å². The number of pyridine rings is 2. The molecule has 54 heavy (non-hydrogen) atoms. The molecule has 0 spiro atoms. The van der Waals surface area contributed by atoms with Crippen LogP contribution in [0.1, 0.15) is 93.6 Å². The van der Waals surface area contributed by atoms with Gasteiger partial charge in [-0.25, -0.2) is 9.97 Å². The summed E-state index contributed by atoms with van der Waals surface area (Å²) in [6.07, 6.45) is 12.1. The highest BCUT2D eigenvalue weighted by atomic mass is 16.5. The zero-order valence-electron chi connectivity index (χ0n) is 32.0. The maximum atomic E-state index is 12.2. The van der Waals surface area contributed by atoms with Gasteiger partial charge in [0.25, 0.3) is 0 Å². The molecule has 2 saturated heterocycles. The zero-order valence-corrected chi connectivity index (χ0v) is 32.0. The van der Waals surface area contributed by atoms with Crippen molar-refractivity contribution in [1.82, 2.24) is 30.4 Å².